The van der Waals surface area contributed by atoms with Crippen LogP contribution in [0.1, 0.15) is 278 Å². The van der Waals surface area contributed by atoms with Crippen molar-refractivity contribution in [3.63, 3.8) is 0 Å². The smallest absolute Gasteiger partial charge is 0.306 e. The first-order valence-corrected chi connectivity index (χ1v) is 33.0. The highest BCUT2D eigenvalue weighted by atomic mass is 16.6. The van der Waals surface area contributed by atoms with Crippen LogP contribution in [-0.4, -0.2) is 37.2 Å². The molecule has 1 unspecified atom stereocenters. The Morgan fingerprint density at radius 2 is 0.481 bits per heavy atom. The molecule has 0 aliphatic carbocycles. The van der Waals surface area contributed by atoms with Gasteiger partial charge in [0.05, 0.1) is 0 Å². The topological polar surface area (TPSA) is 78.9 Å². The Morgan fingerprint density at radius 3 is 0.765 bits per heavy atom. The van der Waals surface area contributed by atoms with Crippen LogP contribution in [0.5, 0.6) is 0 Å². The van der Waals surface area contributed by atoms with Gasteiger partial charge in [0.1, 0.15) is 13.2 Å². The maximum absolute atomic E-state index is 12.9. The number of esters is 3. The van der Waals surface area contributed by atoms with E-state index in [0.717, 1.165) is 154 Å². The maximum atomic E-state index is 12.9. The van der Waals surface area contributed by atoms with Crippen molar-refractivity contribution >= 4 is 17.9 Å². The van der Waals surface area contributed by atoms with E-state index in [9.17, 15) is 14.4 Å². The third-order valence-corrected chi connectivity index (χ3v) is 13.5. The molecular weight excluding hydrogens is 997 g/mol. The molecule has 6 nitrogen and oxygen atoms in total. The maximum Gasteiger partial charge on any atom is 0.306 e. The summed E-state index contributed by atoms with van der Waals surface area (Å²) in [6, 6.07) is 0. The van der Waals surface area contributed by atoms with E-state index in [4.69, 9.17) is 14.2 Å². The molecule has 0 aromatic heterocycles. The van der Waals surface area contributed by atoms with Crippen LogP contribution in [0.25, 0.3) is 0 Å². The highest BCUT2D eigenvalue weighted by Gasteiger charge is 2.19. The first kappa shape index (κ1) is 76.0. The highest BCUT2D eigenvalue weighted by Crippen LogP contribution is 2.15. The van der Waals surface area contributed by atoms with Crippen molar-refractivity contribution in [2.75, 3.05) is 13.2 Å². The molecule has 0 N–H and O–H groups in total. The quantitative estimate of drug-likeness (QED) is 0.0261. The molecule has 0 aliphatic heterocycles. The Balaban J connectivity index is 4.32. The van der Waals surface area contributed by atoms with Crippen molar-refractivity contribution in [1.29, 1.82) is 0 Å². The van der Waals surface area contributed by atoms with Crippen molar-refractivity contribution < 1.29 is 28.6 Å². The van der Waals surface area contributed by atoms with Crippen LogP contribution in [0.4, 0.5) is 0 Å². The van der Waals surface area contributed by atoms with Gasteiger partial charge >= 0.3 is 17.9 Å². The zero-order valence-corrected chi connectivity index (χ0v) is 52.2. The number of carbonyl (C=O) groups is 3. The van der Waals surface area contributed by atoms with Crippen LogP contribution in [-0.2, 0) is 28.6 Å². The molecule has 0 aromatic rings. The molecule has 0 radical (unpaired) electrons. The average molecular weight is 1120 g/mol. The first-order chi connectivity index (χ1) is 40.0. The molecule has 0 aromatic carbocycles. The third-order valence-electron chi connectivity index (χ3n) is 13.5. The van der Waals surface area contributed by atoms with Gasteiger partial charge in [-0.3, -0.25) is 14.4 Å². The largest absolute Gasteiger partial charge is 0.462 e. The summed E-state index contributed by atoms with van der Waals surface area (Å²) in [7, 11) is 0. The van der Waals surface area contributed by atoms with Crippen LogP contribution in [0, 0.1) is 0 Å². The zero-order valence-electron chi connectivity index (χ0n) is 52.2. The van der Waals surface area contributed by atoms with E-state index < -0.39 is 6.10 Å². The molecule has 0 heterocycles. The second-order valence-electron chi connectivity index (χ2n) is 21.3. The molecule has 0 saturated carbocycles. The van der Waals surface area contributed by atoms with Crippen molar-refractivity contribution in [2.24, 2.45) is 0 Å². The van der Waals surface area contributed by atoms with Gasteiger partial charge in [-0.25, -0.2) is 0 Å². The summed E-state index contributed by atoms with van der Waals surface area (Å²) in [6.45, 7) is 6.37. The predicted octanol–water partition coefficient (Wildman–Crippen LogP) is 22.9. The Labute approximate surface area is 499 Å². The van der Waals surface area contributed by atoms with E-state index in [0.29, 0.717) is 12.8 Å². The molecule has 0 saturated heterocycles. The number of carbonyl (C=O) groups excluding carboxylic acids is 3. The van der Waals surface area contributed by atoms with Gasteiger partial charge in [0.15, 0.2) is 6.10 Å². The van der Waals surface area contributed by atoms with Gasteiger partial charge in [0.25, 0.3) is 0 Å². The molecule has 0 amide bonds. The molecular formula is C75H120O6. The van der Waals surface area contributed by atoms with Gasteiger partial charge in [-0.05, 0) is 128 Å². The summed E-state index contributed by atoms with van der Waals surface area (Å²) >= 11 is 0. The van der Waals surface area contributed by atoms with E-state index >= 15 is 0 Å². The normalized spacial score (nSPS) is 13.2. The van der Waals surface area contributed by atoms with E-state index in [-0.39, 0.29) is 37.5 Å². The molecule has 81 heavy (non-hydrogen) atoms. The summed E-state index contributed by atoms with van der Waals surface area (Å²) < 4.78 is 16.9. The minimum absolute atomic E-state index is 0.0973. The van der Waals surface area contributed by atoms with E-state index in [1.807, 2.05) is 0 Å². The number of hydrogen-bond donors (Lipinski definition) is 0. The van der Waals surface area contributed by atoms with Gasteiger partial charge in [0.2, 0.25) is 0 Å². The number of allylic oxidation sites excluding steroid dienone is 26. The Hall–Kier alpha value is -4.97. The minimum atomic E-state index is -0.805. The SMILES string of the molecule is CC/C=C\C/C=C\C/C=C\C/C=C\C/C=C\C/C=C\C/C=C\C/C=C\CCCCCCCCCCC(=O)OCC(COC(=O)CCCCCCCCCCCCC)OC(=O)CCCCC/C=C\C/C=C\C/C=C\C/C=C\C/C=C\CC. The fourth-order valence-corrected chi connectivity index (χ4v) is 8.66. The van der Waals surface area contributed by atoms with Gasteiger partial charge in [-0.2, -0.15) is 0 Å². The van der Waals surface area contributed by atoms with Gasteiger partial charge in [-0.1, -0.05) is 288 Å². The van der Waals surface area contributed by atoms with E-state index in [2.05, 4.69) is 179 Å². The molecule has 0 spiro atoms. The molecule has 6 heteroatoms. The molecule has 456 valence electrons. The lowest BCUT2D eigenvalue weighted by atomic mass is 10.1. The second-order valence-corrected chi connectivity index (χ2v) is 21.3. The minimum Gasteiger partial charge on any atom is -0.462 e. The van der Waals surface area contributed by atoms with E-state index in [1.54, 1.807) is 0 Å². The predicted molar refractivity (Wildman–Crippen MR) is 352 cm³/mol. The first-order valence-electron chi connectivity index (χ1n) is 33.0. The number of ether oxygens (including phenoxy) is 3. The lowest BCUT2D eigenvalue weighted by Gasteiger charge is -2.18. The van der Waals surface area contributed by atoms with Crippen molar-refractivity contribution in [2.45, 2.75) is 284 Å². The molecule has 0 rings (SSSR count). The van der Waals surface area contributed by atoms with Gasteiger partial charge in [0, 0.05) is 19.3 Å². The number of unbranched alkanes of at least 4 members (excludes halogenated alkanes) is 21. The summed E-state index contributed by atoms with van der Waals surface area (Å²) in [5.41, 5.74) is 0. The highest BCUT2D eigenvalue weighted by molar-refractivity contribution is 5.71. The van der Waals surface area contributed by atoms with Crippen LogP contribution in [0.3, 0.4) is 0 Å². The van der Waals surface area contributed by atoms with Crippen LogP contribution in [0.15, 0.2) is 158 Å². The standard InChI is InChI=1S/C75H120O6/c1-4-7-10-13-16-19-22-24-26-28-30-31-32-33-34-35-36-37-38-39-40-41-42-43-45-46-48-50-53-56-59-62-65-68-74(77)80-71-72(70-79-73(76)67-64-61-58-55-52-21-18-15-12-9-6-3)81-75(78)69-66-63-60-57-54-51-49-47-44-29-27-25-23-20-17-14-11-8-5-2/h7-8,10-11,16-17,19-20,24-27,30-31,33-34,36-37,39-40,42-44,47,51,54,72H,4-6,9,12-15,18,21-23,28-29,32,35,38,41,45-46,48-50,52-53,55-71H2,1-3H3/b10-7-,11-8-,19-16-,20-17-,26-24-,27-25-,31-30-,34-33-,37-36-,40-39-,43-42-,47-44-,54-51-. The summed E-state index contributed by atoms with van der Waals surface area (Å²) in [5.74, 6) is -0.940. The lowest BCUT2D eigenvalue weighted by molar-refractivity contribution is -0.167. The van der Waals surface area contributed by atoms with Crippen molar-refractivity contribution in [3.8, 4) is 0 Å². The molecule has 0 bridgehead atoms. The molecule has 0 fully saturated rings. The fourth-order valence-electron chi connectivity index (χ4n) is 8.66. The van der Waals surface area contributed by atoms with Crippen LogP contribution < -0.4 is 0 Å². The fraction of sp³-hybridized carbons (Fsp3) is 0.613. The second kappa shape index (κ2) is 67.5. The summed E-state index contributed by atoms with van der Waals surface area (Å²) in [4.78, 5) is 38.3. The van der Waals surface area contributed by atoms with Gasteiger partial charge in [-0.15, -0.1) is 0 Å². The van der Waals surface area contributed by atoms with E-state index in [1.165, 1.54) is 83.5 Å². The number of hydrogen-bond acceptors (Lipinski definition) is 6. The van der Waals surface area contributed by atoms with Crippen molar-refractivity contribution in [3.05, 3.63) is 158 Å². The third kappa shape index (κ3) is 65.7. The lowest BCUT2D eigenvalue weighted by Crippen LogP contribution is -2.30. The Morgan fingerprint density at radius 1 is 0.259 bits per heavy atom. The Kier molecular flexibility index (Phi) is 63.4. The Bertz CT molecular complexity index is 1810. The van der Waals surface area contributed by atoms with Gasteiger partial charge < -0.3 is 14.2 Å². The van der Waals surface area contributed by atoms with Crippen molar-refractivity contribution in [1.82, 2.24) is 0 Å². The average Bonchev–Trinajstić information content (AvgIpc) is 3.47. The molecule has 1 atom stereocenters. The monoisotopic (exact) mass is 1120 g/mol. The van der Waals surface area contributed by atoms with Crippen LogP contribution >= 0.6 is 0 Å². The molecule has 0 aliphatic rings. The number of rotatable bonds is 58. The zero-order chi connectivity index (χ0) is 58.5. The van der Waals surface area contributed by atoms with Crippen LogP contribution in [0.2, 0.25) is 0 Å². The summed E-state index contributed by atoms with van der Waals surface area (Å²) in [6.07, 6.45) is 98.3. The summed E-state index contributed by atoms with van der Waals surface area (Å²) in [5, 5.41) is 0.